The van der Waals surface area contributed by atoms with E-state index in [9.17, 15) is 0 Å². The first-order chi connectivity index (χ1) is 22.2. The summed E-state index contributed by atoms with van der Waals surface area (Å²) in [6, 6.07) is 23.3. The molecule has 0 bridgehead atoms. The molecule has 46 heavy (non-hydrogen) atoms. The van der Waals surface area contributed by atoms with Gasteiger partial charge >= 0.3 is 0 Å². The van der Waals surface area contributed by atoms with Gasteiger partial charge in [0.25, 0.3) is 0 Å². The first-order valence-electron chi connectivity index (χ1n) is 14.1. The minimum Gasteiger partial charge on any atom is -0.369 e. The fourth-order valence-electron chi connectivity index (χ4n) is 4.18. The van der Waals surface area contributed by atoms with Gasteiger partial charge in [-0.25, -0.2) is 34.3 Å². The van der Waals surface area contributed by atoms with Crippen molar-refractivity contribution in [3.63, 3.8) is 0 Å². The number of nitrogens with one attached hydrogen (secondary N) is 2. The molecule has 0 spiro atoms. The van der Waals surface area contributed by atoms with Crippen LogP contribution in [0.3, 0.4) is 0 Å². The molecule has 0 amide bonds. The number of aromatic nitrogens is 8. The van der Waals surface area contributed by atoms with Crippen LogP contribution in [0.5, 0.6) is 0 Å². The molecule has 4 heterocycles. The molecule has 15 nitrogen and oxygen atoms in total. The Hall–Kier alpha value is -5.64. The van der Waals surface area contributed by atoms with Gasteiger partial charge in [0.1, 0.15) is 6.33 Å². The van der Waals surface area contributed by atoms with Gasteiger partial charge in [-0.1, -0.05) is 36.4 Å². The van der Waals surface area contributed by atoms with Gasteiger partial charge in [-0.2, -0.15) is 0 Å². The van der Waals surface area contributed by atoms with Crippen LogP contribution in [0.25, 0.3) is 38.9 Å². The number of aromatic amines is 2. The number of ether oxygens (including phenoxy) is 2. The smallest absolute Gasteiger partial charge is 0.239 e. The summed E-state index contributed by atoms with van der Waals surface area (Å²) in [5.74, 6) is 2.10. The largest absolute Gasteiger partial charge is 0.369 e. The maximum Gasteiger partial charge on any atom is 0.239 e. The topological polar surface area (TPSA) is 190 Å². The molecule has 0 atom stereocenters. The highest BCUT2D eigenvalue weighted by Crippen LogP contribution is 2.17. The van der Waals surface area contributed by atoms with E-state index < -0.39 is 0 Å². The lowest BCUT2D eigenvalue weighted by Gasteiger charge is -2.19. The second-order valence-electron chi connectivity index (χ2n) is 10.1. The normalized spacial score (nSPS) is 11.0. The summed E-state index contributed by atoms with van der Waals surface area (Å²) in [5, 5.41) is 0. The van der Waals surface area contributed by atoms with Crippen molar-refractivity contribution in [3.05, 3.63) is 79.1 Å². The first kappa shape index (κ1) is 33.3. The van der Waals surface area contributed by atoms with E-state index in [-0.39, 0.29) is 6.41 Å². The third-order valence-electron chi connectivity index (χ3n) is 6.16. The van der Waals surface area contributed by atoms with Crippen LogP contribution in [-0.2, 0) is 9.47 Å². The molecule has 0 fully saturated rings. The van der Waals surface area contributed by atoms with Crippen molar-refractivity contribution in [2.45, 2.75) is 6.41 Å². The number of H-pyrrole nitrogens is 2. The van der Waals surface area contributed by atoms with E-state index in [4.69, 9.17) is 20.9 Å². The van der Waals surface area contributed by atoms with Crippen LogP contribution in [0, 0.1) is 0 Å². The third kappa shape index (κ3) is 8.72. The maximum absolute atomic E-state index is 5.74. The van der Waals surface area contributed by atoms with Crippen molar-refractivity contribution in [2.75, 3.05) is 53.9 Å². The molecule has 0 radical (unpaired) electrons. The molecule has 240 valence electrons. The zero-order chi connectivity index (χ0) is 33.1. The summed E-state index contributed by atoms with van der Waals surface area (Å²) in [6.07, 6.45) is 2.92. The second kappa shape index (κ2) is 15.9. The van der Waals surface area contributed by atoms with Crippen LogP contribution in [-0.4, -0.2) is 104 Å². The molecule has 0 saturated heterocycles. The van der Waals surface area contributed by atoms with Crippen molar-refractivity contribution in [1.29, 1.82) is 0 Å². The van der Waals surface area contributed by atoms with Gasteiger partial charge in [0, 0.05) is 28.3 Å². The number of anilines is 2. The minimum absolute atomic E-state index is 0.213. The number of nitrogens with zero attached hydrogens (tertiary/aromatic N) is 9. The molecule has 7 rings (SSSR count). The van der Waals surface area contributed by atoms with Crippen LogP contribution < -0.4 is 11.5 Å². The number of nitrogens with two attached hydrogens (primary N) is 2. The van der Waals surface area contributed by atoms with Crippen LogP contribution in [0.4, 0.5) is 17.8 Å². The molecule has 6 N–H and O–H groups in total. The summed E-state index contributed by atoms with van der Waals surface area (Å²) < 4.78 is 11.5. The number of hydrogen-bond acceptors (Lipinski definition) is 11. The standard InChI is InChI=1S/C10H12N4.C9H7N5.C7H7N3.C5H13NO2/c1-14(2)7-11-10-12-8-5-3-4-6-9(8)13-10;10-8-11-5-12-9-13-6-3-1-2-4-7(6)14(8)9;8-7-9-5-3-1-2-4-6(5)10-7;1-6(2)5(7-3)8-4/h3-7H,1-2H3,(H,12,13);1-5H,(H2,10,11,12,13);1-4H,(H3,8,9,10);5H,1-4H3. The van der Waals surface area contributed by atoms with Crippen LogP contribution in [0.1, 0.15) is 0 Å². The lowest BCUT2D eigenvalue weighted by Crippen LogP contribution is -2.30. The number of methoxy groups -OCH3 is 2. The average Bonchev–Trinajstić information content (AvgIpc) is 3.75. The van der Waals surface area contributed by atoms with E-state index in [2.05, 4.69) is 39.9 Å². The Kier molecular flexibility index (Phi) is 11.5. The van der Waals surface area contributed by atoms with Gasteiger partial charge in [-0.3, -0.25) is 4.90 Å². The first-order valence-corrected chi connectivity index (χ1v) is 14.1. The van der Waals surface area contributed by atoms with E-state index in [1.54, 1.807) is 25.0 Å². The summed E-state index contributed by atoms with van der Waals surface area (Å²) >= 11 is 0. The number of fused-ring (bicyclic) bond motifs is 5. The molecule has 0 aliphatic rings. The predicted octanol–water partition coefficient (Wildman–Crippen LogP) is 3.91. The number of para-hydroxylation sites is 6. The van der Waals surface area contributed by atoms with E-state index in [1.807, 2.05) is 111 Å². The van der Waals surface area contributed by atoms with E-state index in [0.717, 1.165) is 33.1 Å². The molecule has 0 saturated carbocycles. The van der Waals surface area contributed by atoms with E-state index >= 15 is 0 Å². The molecule has 0 unspecified atom stereocenters. The van der Waals surface area contributed by atoms with Gasteiger partial charge in [0.2, 0.25) is 24.1 Å². The highest BCUT2D eigenvalue weighted by Gasteiger charge is 2.07. The number of imidazole rings is 3. The summed E-state index contributed by atoms with van der Waals surface area (Å²) in [6.45, 7) is 0. The SMILES string of the molecule is CN(C)C=Nc1nc2ccccc2[nH]1.COC(OC)N(C)C.Nc1nc2ccccc2[nH]1.Nc1ncnc2nc3ccccc3n12. The predicted molar refractivity (Wildman–Crippen MR) is 183 cm³/mol. The number of hydrogen-bond donors (Lipinski definition) is 4. The van der Waals surface area contributed by atoms with Gasteiger partial charge in [0.15, 0.2) is 5.95 Å². The fraction of sp³-hybridized carbons (Fsp3) is 0.226. The Balaban J connectivity index is 0.000000143. The Bertz CT molecular complexity index is 1920. The van der Waals surface area contributed by atoms with E-state index in [0.29, 0.717) is 23.6 Å². The van der Waals surface area contributed by atoms with Crippen molar-refractivity contribution in [3.8, 4) is 0 Å². The monoisotopic (exact) mass is 625 g/mol. The van der Waals surface area contributed by atoms with Crippen molar-refractivity contribution >= 4 is 63.1 Å². The number of rotatable bonds is 5. The zero-order valence-corrected chi connectivity index (χ0v) is 26.7. The Morgan fingerprint density at radius 3 is 1.91 bits per heavy atom. The molecule has 15 heteroatoms. The number of nitrogen functional groups attached to an aromatic ring is 2. The maximum atomic E-state index is 5.74. The Morgan fingerprint density at radius 2 is 1.35 bits per heavy atom. The van der Waals surface area contributed by atoms with Crippen LogP contribution >= 0.6 is 0 Å². The Labute approximate surface area is 265 Å². The summed E-state index contributed by atoms with van der Waals surface area (Å²) in [4.78, 5) is 34.5. The quantitative estimate of drug-likeness (QED) is 0.123. The van der Waals surface area contributed by atoms with Crippen molar-refractivity contribution in [2.24, 2.45) is 4.99 Å². The average molecular weight is 626 g/mol. The Morgan fingerprint density at radius 1 is 0.761 bits per heavy atom. The van der Waals surface area contributed by atoms with Gasteiger partial charge in [-0.15, -0.1) is 0 Å². The minimum atomic E-state index is -0.213. The zero-order valence-electron chi connectivity index (χ0n) is 26.7. The third-order valence-corrected chi connectivity index (χ3v) is 6.16. The molecule has 4 aromatic heterocycles. The van der Waals surface area contributed by atoms with Gasteiger partial charge < -0.3 is 35.8 Å². The van der Waals surface area contributed by atoms with Crippen LogP contribution in [0.2, 0.25) is 0 Å². The van der Waals surface area contributed by atoms with Crippen molar-refractivity contribution < 1.29 is 9.47 Å². The van der Waals surface area contributed by atoms with Crippen molar-refractivity contribution in [1.82, 2.24) is 49.1 Å². The summed E-state index contributed by atoms with van der Waals surface area (Å²) in [7, 11) is 10.8. The number of aliphatic imine (C=N–C) groups is 1. The number of benzene rings is 3. The van der Waals surface area contributed by atoms with E-state index in [1.165, 1.54) is 6.33 Å². The molecule has 3 aromatic carbocycles. The van der Waals surface area contributed by atoms with Crippen LogP contribution in [0.15, 0.2) is 84.1 Å². The molecular formula is C31H39N13O2. The fourth-order valence-corrected chi connectivity index (χ4v) is 4.18. The van der Waals surface area contributed by atoms with Gasteiger partial charge in [-0.05, 0) is 50.5 Å². The molecule has 0 aliphatic heterocycles. The molecule has 0 aliphatic carbocycles. The summed E-state index contributed by atoms with van der Waals surface area (Å²) in [5.41, 5.74) is 16.8. The second-order valence-corrected chi connectivity index (χ2v) is 10.1. The molecular weight excluding hydrogens is 586 g/mol. The highest BCUT2D eigenvalue weighted by atomic mass is 16.7. The lowest BCUT2D eigenvalue weighted by molar-refractivity contribution is -0.179. The molecule has 7 aromatic rings. The lowest BCUT2D eigenvalue weighted by atomic mass is 10.3. The van der Waals surface area contributed by atoms with Gasteiger partial charge in [0.05, 0.1) is 39.4 Å². The highest BCUT2D eigenvalue weighted by molar-refractivity contribution is 5.80.